The molecule has 0 bridgehead atoms. The summed E-state index contributed by atoms with van der Waals surface area (Å²) in [5.74, 6) is -1.08. The van der Waals surface area contributed by atoms with Gasteiger partial charge in [-0.2, -0.15) is 0 Å². The summed E-state index contributed by atoms with van der Waals surface area (Å²) in [5.41, 5.74) is 0. The molecule has 6 heteroatoms. The molecule has 0 fully saturated rings. The summed E-state index contributed by atoms with van der Waals surface area (Å²) in [6.45, 7) is 4.78. The first-order valence-electron chi connectivity index (χ1n) is 5.06. The minimum absolute atomic E-state index is 0.0704. The second kappa shape index (κ2) is 6.81. The molecule has 0 saturated carbocycles. The number of esters is 1. The highest BCUT2D eigenvalue weighted by Crippen LogP contribution is 1.89. The van der Waals surface area contributed by atoms with E-state index in [0.29, 0.717) is 0 Å². The molecule has 1 atom stereocenters. The van der Waals surface area contributed by atoms with Crippen LogP contribution in [0.25, 0.3) is 0 Å². The van der Waals surface area contributed by atoms with E-state index in [-0.39, 0.29) is 19.1 Å². The molecule has 6 nitrogen and oxygen atoms in total. The van der Waals surface area contributed by atoms with Crippen LogP contribution in [0.3, 0.4) is 0 Å². The van der Waals surface area contributed by atoms with Crippen molar-refractivity contribution in [2.45, 2.75) is 26.8 Å². The smallest absolute Gasteiger partial charge is 0.328 e. The summed E-state index contributed by atoms with van der Waals surface area (Å²) in [5, 5.41) is 2.44. The third kappa shape index (κ3) is 5.33. The topological polar surface area (TPSA) is 75.7 Å². The van der Waals surface area contributed by atoms with Crippen LogP contribution in [0.4, 0.5) is 0 Å². The van der Waals surface area contributed by atoms with E-state index in [1.54, 1.807) is 6.92 Å². The third-order valence-corrected chi connectivity index (χ3v) is 1.94. The Balaban J connectivity index is 4.05. The van der Waals surface area contributed by atoms with Crippen LogP contribution in [0.2, 0.25) is 0 Å². The quantitative estimate of drug-likeness (QED) is 0.648. The molecule has 0 aromatic heterocycles. The maximum atomic E-state index is 11.4. The van der Waals surface area contributed by atoms with Crippen molar-refractivity contribution >= 4 is 17.8 Å². The van der Waals surface area contributed by atoms with Crippen molar-refractivity contribution in [1.29, 1.82) is 0 Å². The average Bonchev–Trinajstić information content (AvgIpc) is 2.17. The van der Waals surface area contributed by atoms with Crippen molar-refractivity contribution < 1.29 is 19.1 Å². The van der Waals surface area contributed by atoms with E-state index < -0.39 is 17.9 Å². The highest BCUT2D eigenvalue weighted by atomic mass is 16.5. The Morgan fingerprint density at radius 1 is 1.38 bits per heavy atom. The average molecular weight is 230 g/mol. The summed E-state index contributed by atoms with van der Waals surface area (Å²) >= 11 is 0. The normalized spacial score (nSPS) is 11.5. The van der Waals surface area contributed by atoms with Gasteiger partial charge in [-0.25, -0.2) is 4.79 Å². The number of likely N-dealkylation sites (N-methyl/N-ethyl adjacent to an activating group) is 1. The number of hydrogen-bond donors (Lipinski definition) is 1. The third-order valence-electron chi connectivity index (χ3n) is 1.94. The van der Waals surface area contributed by atoms with Gasteiger partial charge in [0.1, 0.15) is 6.04 Å². The standard InChI is InChI=1S/C10H18N2O4/c1-5-16-10(15)7(2)11-9(14)6-12(4)8(3)13/h7H,5-6H2,1-4H3,(H,11,14). The van der Waals surface area contributed by atoms with Gasteiger partial charge in [-0.05, 0) is 13.8 Å². The molecule has 0 aliphatic heterocycles. The molecule has 0 rings (SSSR count). The molecule has 0 aliphatic rings. The number of nitrogens with one attached hydrogen (secondary N) is 1. The van der Waals surface area contributed by atoms with Crippen LogP contribution in [0.1, 0.15) is 20.8 Å². The highest BCUT2D eigenvalue weighted by Gasteiger charge is 2.17. The first-order chi connectivity index (χ1) is 7.38. The summed E-state index contributed by atoms with van der Waals surface area (Å²) in [4.78, 5) is 34.7. The molecule has 92 valence electrons. The van der Waals surface area contributed by atoms with Gasteiger partial charge >= 0.3 is 5.97 Å². The van der Waals surface area contributed by atoms with Crippen molar-refractivity contribution in [3.05, 3.63) is 0 Å². The zero-order valence-electron chi connectivity index (χ0n) is 10.1. The Hall–Kier alpha value is -1.59. The highest BCUT2D eigenvalue weighted by molar-refractivity contribution is 5.87. The molecule has 0 saturated heterocycles. The Labute approximate surface area is 94.9 Å². The van der Waals surface area contributed by atoms with Crippen molar-refractivity contribution in [2.75, 3.05) is 20.2 Å². The molecule has 2 amide bonds. The fraction of sp³-hybridized carbons (Fsp3) is 0.700. The molecule has 0 aromatic carbocycles. The molecule has 16 heavy (non-hydrogen) atoms. The van der Waals surface area contributed by atoms with Crippen molar-refractivity contribution in [2.24, 2.45) is 0 Å². The van der Waals surface area contributed by atoms with E-state index >= 15 is 0 Å². The van der Waals surface area contributed by atoms with Gasteiger partial charge in [0.05, 0.1) is 13.2 Å². The van der Waals surface area contributed by atoms with Gasteiger partial charge in [0, 0.05) is 14.0 Å². The summed E-state index contributed by atoms with van der Waals surface area (Å²) in [6, 6.07) is -0.701. The minimum Gasteiger partial charge on any atom is -0.464 e. The SMILES string of the molecule is CCOC(=O)C(C)NC(=O)CN(C)C(C)=O. The van der Waals surface area contributed by atoms with Gasteiger partial charge in [0.2, 0.25) is 11.8 Å². The van der Waals surface area contributed by atoms with Crippen LogP contribution in [0, 0.1) is 0 Å². The van der Waals surface area contributed by atoms with E-state index in [4.69, 9.17) is 4.74 Å². The number of nitrogens with zero attached hydrogens (tertiary/aromatic N) is 1. The molecular formula is C10H18N2O4. The lowest BCUT2D eigenvalue weighted by Gasteiger charge is -2.17. The van der Waals surface area contributed by atoms with Crippen molar-refractivity contribution in [1.82, 2.24) is 10.2 Å². The number of ether oxygens (including phenoxy) is 1. The van der Waals surface area contributed by atoms with Gasteiger partial charge in [0.15, 0.2) is 0 Å². The zero-order chi connectivity index (χ0) is 12.7. The Morgan fingerprint density at radius 3 is 2.38 bits per heavy atom. The van der Waals surface area contributed by atoms with Crippen LogP contribution in [0.15, 0.2) is 0 Å². The first kappa shape index (κ1) is 14.4. The molecule has 0 spiro atoms. The predicted molar refractivity (Wildman–Crippen MR) is 57.5 cm³/mol. The lowest BCUT2D eigenvalue weighted by atomic mass is 10.3. The van der Waals surface area contributed by atoms with E-state index in [9.17, 15) is 14.4 Å². The number of carbonyl (C=O) groups excluding carboxylic acids is 3. The van der Waals surface area contributed by atoms with Crippen LogP contribution < -0.4 is 5.32 Å². The second-order valence-corrected chi connectivity index (χ2v) is 3.42. The van der Waals surface area contributed by atoms with Crippen LogP contribution in [-0.2, 0) is 19.1 Å². The molecule has 0 aromatic rings. The zero-order valence-corrected chi connectivity index (χ0v) is 10.1. The van der Waals surface area contributed by atoms with Crippen molar-refractivity contribution in [3.8, 4) is 0 Å². The fourth-order valence-corrected chi connectivity index (χ4v) is 0.940. The lowest BCUT2D eigenvalue weighted by molar-refractivity contribution is -0.147. The number of hydrogen-bond acceptors (Lipinski definition) is 4. The fourth-order valence-electron chi connectivity index (χ4n) is 0.940. The van der Waals surface area contributed by atoms with E-state index in [1.807, 2.05) is 0 Å². The minimum atomic E-state index is -0.701. The maximum absolute atomic E-state index is 11.4. The summed E-state index contributed by atoms with van der Waals surface area (Å²) in [6.07, 6.45) is 0. The van der Waals surface area contributed by atoms with E-state index in [0.717, 1.165) is 0 Å². The van der Waals surface area contributed by atoms with Gasteiger partial charge in [0.25, 0.3) is 0 Å². The molecule has 0 aliphatic carbocycles. The predicted octanol–water partition coefficient (Wildman–Crippen LogP) is -0.467. The molecular weight excluding hydrogens is 212 g/mol. The van der Waals surface area contributed by atoms with Crippen LogP contribution >= 0.6 is 0 Å². The van der Waals surface area contributed by atoms with E-state index in [2.05, 4.69) is 5.32 Å². The second-order valence-electron chi connectivity index (χ2n) is 3.42. The lowest BCUT2D eigenvalue weighted by Crippen LogP contribution is -2.44. The van der Waals surface area contributed by atoms with Crippen LogP contribution in [-0.4, -0.2) is 48.9 Å². The number of carbonyl (C=O) groups is 3. The molecule has 0 heterocycles. The Kier molecular flexibility index (Phi) is 6.14. The number of amides is 2. The Bertz CT molecular complexity index is 278. The van der Waals surface area contributed by atoms with Crippen LogP contribution in [0.5, 0.6) is 0 Å². The summed E-state index contributed by atoms with van der Waals surface area (Å²) < 4.78 is 4.72. The van der Waals surface area contributed by atoms with Gasteiger partial charge in [-0.1, -0.05) is 0 Å². The van der Waals surface area contributed by atoms with E-state index in [1.165, 1.54) is 25.8 Å². The largest absolute Gasteiger partial charge is 0.464 e. The van der Waals surface area contributed by atoms with Gasteiger partial charge in [-0.15, -0.1) is 0 Å². The molecule has 1 N–H and O–H groups in total. The van der Waals surface area contributed by atoms with Gasteiger partial charge < -0.3 is 15.0 Å². The van der Waals surface area contributed by atoms with Gasteiger partial charge in [-0.3, -0.25) is 9.59 Å². The molecule has 0 radical (unpaired) electrons. The first-order valence-corrected chi connectivity index (χ1v) is 5.06. The monoisotopic (exact) mass is 230 g/mol. The molecule has 1 unspecified atom stereocenters. The summed E-state index contributed by atoms with van der Waals surface area (Å²) in [7, 11) is 1.51. The maximum Gasteiger partial charge on any atom is 0.328 e. The van der Waals surface area contributed by atoms with Crippen molar-refractivity contribution in [3.63, 3.8) is 0 Å². The number of rotatable bonds is 5. The Morgan fingerprint density at radius 2 is 1.94 bits per heavy atom.